The average Bonchev–Trinajstić information content (AvgIpc) is 2.89. The molecule has 0 spiro atoms. The second-order valence-electron chi connectivity index (χ2n) is 6.19. The molecule has 1 fully saturated rings. The Morgan fingerprint density at radius 1 is 1.42 bits per heavy atom. The molecular formula is C18H34N2O4. The molecule has 1 saturated heterocycles. The first-order chi connectivity index (χ1) is 11.3. The number of aliphatic hydroxyl groups is 1. The minimum absolute atomic E-state index is 0.131. The largest absolute Gasteiger partial charge is 0.465 e. The number of carbonyl (C=O) groups is 2. The van der Waals surface area contributed by atoms with Gasteiger partial charge >= 0.3 is 5.97 Å². The average molecular weight is 342 g/mol. The summed E-state index contributed by atoms with van der Waals surface area (Å²) in [6, 6.07) is -0.200. The molecule has 0 radical (unpaired) electrons. The zero-order valence-corrected chi connectivity index (χ0v) is 15.5. The maximum Gasteiger partial charge on any atom is 0.323 e. The zero-order chi connectivity index (χ0) is 18.5. The van der Waals surface area contributed by atoms with Gasteiger partial charge in [-0.25, -0.2) is 0 Å². The normalized spacial score (nSPS) is 22.0. The van der Waals surface area contributed by atoms with Gasteiger partial charge in [0.15, 0.2) is 0 Å². The summed E-state index contributed by atoms with van der Waals surface area (Å²) in [4.78, 5) is 23.5. The number of allylic oxidation sites excluding steroid dienone is 1. The Hall–Kier alpha value is -1.40. The summed E-state index contributed by atoms with van der Waals surface area (Å²) in [6.45, 7) is 9.23. The fourth-order valence-electron chi connectivity index (χ4n) is 2.61. The summed E-state index contributed by atoms with van der Waals surface area (Å²) in [5.41, 5.74) is 4.47. The fraction of sp³-hybridized carbons (Fsp3) is 0.778. The highest BCUT2D eigenvalue weighted by Crippen LogP contribution is 2.26. The molecule has 6 heteroatoms. The predicted molar refractivity (Wildman–Crippen MR) is 95.3 cm³/mol. The van der Waals surface area contributed by atoms with E-state index in [2.05, 4.69) is 23.6 Å². The number of likely N-dealkylation sites (tertiary alicyclic amines) is 1. The second kappa shape index (κ2) is 13.0. The third-order valence-electron chi connectivity index (χ3n) is 3.83. The van der Waals surface area contributed by atoms with Crippen LogP contribution in [0.3, 0.4) is 0 Å². The van der Waals surface area contributed by atoms with Crippen LogP contribution in [0.1, 0.15) is 53.4 Å². The first-order valence-electron chi connectivity index (χ1n) is 8.83. The maximum absolute atomic E-state index is 12.2. The molecule has 0 aromatic heterocycles. The molecule has 1 rings (SSSR count). The standard InChI is InChI=1S/C16H29NO3.C2H5NO/c1-4-7-9-20-16(19)15-10-13(8-5-2)11-17(15)12-14(18)6-3;1-2(3)4/h5,8,13-15,18H,4,6-7,9-12H2,1-3H3;1H3,(H2,3,4)/t13-,14?,15-;/m1./s1. The van der Waals surface area contributed by atoms with Crippen molar-refractivity contribution in [2.24, 2.45) is 11.7 Å². The van der Waals surface area contributed by atoms with Gasteiger partial charge < -0.3 is 15.6 Å². The first-order valence-corrected chi connectivity index (χ1v) is 8.83. The molecular weight excluding hydrogens is 308 g/mol. The Kier molecular flexibility index (Phi) is 12.2. The first kappa shape index (κ1) is 22.6. The molecule has 0 bridgehead atoms. The van der Waals surface area contributed by atoms with Crippen LogP contribution in [-0.2, 0) is 14.3 Å². The number of β-amino-alcohol motifs (C(OH)–C–C–N with tert-alkyl or cyclic N) is 1. The Balaban J connectivity index is 0.00000118. The third-order valence-corrected chi connectivity index (χ3v) is 3.83. The predicted octanol–water partition coefficient (Wildman–Crippen LogP) is 1.86. The molecule has 6 nitrogen and oxygen atoms in total. The van der Waals surface area contributed by atoms with E-state index in [-0.39, 0.29) is 24.0 Å². The number of esters is 1. The number of rotatable bonds is 8. The monoisotopic (exact) mass is 342 g/mol. The van der Waals surface area contributed by atoms with Gasteiger partial charge in [-0.3, -0.25) is 14.5 Å². The van der Waals surface area contributed by atoms with Gasteiger partial charge in [-0.15, -0.1) is 0 Å². The highest BCUT2D eigenvalue weighted by Gasteiger charge is 2.37. The molecule has 1 amide bonds. The van der Waals surface area contributed by atoms with Crippen molar-refractivity contribution in [2.75, 3.05) is 19.7 Å². The molecule has 0 saturated carbocycles. The van der Waals surface area contributed by atoms with E-state index in [0.29, 0.717) is 25.5 Å². The van der Waals surface area contributed by atoms with Crippen molar-refractivity contribution < 1.29 is 19.4 Å². The molecule has 1 unspecified atom stereocenters. The van der Waals surface area contributed by atoms with Crippen LogP contribution in [0.15, 0.2) is 12.2 Å². The van der Waals surface area contributed by atoms with E-state index < -0.39 is 0 Å². The zero-order valence-electron chi connectivity index (χ0n) is 15.5. The van der Waals surface area contributed by atoms with E-state index in [1.807, 2.05) is 19.9 Å². The summed E-state index contributed by atoms with van der Waals surface area (Å²) in [6.07, 6.45) is 7.25. The van der Waals surface area contributed by atoms with Crippen molar-refractivity contribution in [3.05, 3.63) is 12.2 Å². The van der Waals surface area contributed by atoms with Gasteiger partial charge in [0, 0.05) is 20.0 Å². The van der Waals surface area contributed by atoms with Gasteiger partial charge in [0.2, 0.25) is 5.91 Å². The summed E-state index contributed by atoms with van der Waals surface area (Å²) < 4.78 is 5.35. The van der Waals surface area contributed by atoms with Crippen LogP contribution >= 0.6 is 0 Å². The smallest absolute Gasteiger partial charge is 0.323 e. The molecule has 140 valence electrons. The van der Waals surface area contributed by atoms with Gasteiger partial charge in [0.25, 0.3) is 0 Å². The molecule has 3 N–H and O–H groups in total. The van der Waals surface area contributed by atoms with Crippen molar-refractivity contribution in [3.8, 4) is 0 Å². The number of carbonyl (C=O) groups excluding carboxylic acids is 2. The molecule has 1 heterocycles. The van der Waals surface area contributed by atoms with Gasteiger partial charge in [0.1, 0.15) is 6.04 Å². The van der Waals surface area contributed by atoms with Crippen LogP contribution in [0.4, 0.5) is 0 Å². The molecule has 1 aliphatic rings. The summed E-state index contributed by atoms with van der Waals surface area (Å²) in [7, 11) is 0. The number of primary amides is 1. The van der Waals surface area contributed by atoms with Crippen molar-refractivity contribution in [3.63, 3.8) is 0 Å². The molecule has 24 heavy (non-hydrogen) atoms. The lowest BCUT2D eigenvalue weighted by Crippen LogP contribution is -2.41. The van der Waals surface area contributed by atoms with Crippen LogP contribution in [0.2, 0.25) is 0 Å². The number of nitrogens with zero attached hydrogens (tertiary/aromatic N) is 1. The van der Waals surface area contributed by atoms with Gasteiger partial charge in [-0.1, -0.05) is 32.4 Å². The van der Waals surface area contributed by atoms with E-state index in [9.17, 15) is 14.7 Å². The summed E-state index contributed by atoms with van der Waals surface area (Å²) >= 11 is 0. The van der Waals surface area contributed by atoms with Crippen LogP contribution in [-0.4, -0.2) is 53.7 Å². The third kappa shape index (κ3) is 9.67. The molecule has 0 aromatic rings. The highest BCUT2D eigenvalue weighted by molar-refractivity contribution is 5.76. The van der Waals surface area contributed by atoms with Gasteiger partial charge in [-0.05, 0) is 32.1 Å². The van der Waals surface area contributed by atoms with E-state index >= 15 is 0 Å². The number of hydrogen-bond donors (Lipinski definition) is 2. The van der Waals surface area contributed by atoms with Crippen molar-refractivity contribution in [1.29, 1.82) is 0 Å². The van der Waals surface area contributed by atoms with E-state index in [1.165, 1.54) is 6.92 Å². The molecule has 0 aliphatic carbocycles. The fourth-order valence-corrected chi connectivity index (χ4v) is 2.61. The lowest BCUT2D eigenvalue weighted by Gasteiger charge is -2.24. The minimum atomic E-state index is -0.370. The number of nitrogens with two attached hydrogens (primary N) is 1. The topological polar surface area (TPSA) is 92.9 Å². The Labute approximate surface area is 146 Å². The van der Waals surface area contributed by atoms with E-state index in [0.717, 1.165) is 25.8 Å². The van der Waals surface area contributed by atoms with E-state index in [1.54, 1.807) is 0 Å². The van der Waals surface area contributed by atoms with Crippen molar-refractivity contribution in [1.82, 2.24) is 4.90 Å². The SMILES string of the molecule is CC(N)=O.CC=C[C@@H]1C[C@H](C(=O)OCCCC)N(CC(O)CC)C1. The van der Waals surface area contributed by atoms with Crippen LogP contribution in [0, 0.1) is 5.92 Å². The van der Waals surface area contributed by atoms with Crippen LogP contribution < -0.4 is 5.73 Å². The molecule has 1 aliphatic heterocycles. The number of hydrogen-bond acceptors (Lipinski definition) is 5. The summed E-state index contributed by atoms with van der Waals surface area (Å²) in [5, 5.41) is 9.84. The van der Waals surface area contributed by atoms with Gasteiger partial charge in [-0.2, -0.15) is 0 Å². The van der Waals surface area contributed by atoms with Crippen LogP contribution in [0.25, 0.3) is 0 Å². The van der Waals surface area contributed by atoms with Crippen LogP contribution in [0.5, 0.6) is 0 Å². The van der Waals surface area contributed by atoms with Crippen molar-refractivity contribution in [2.45, 2.75) is 65.5 Å². The van der Waals surface area contributed by atoms with E-state index in [4.69, 9.17) is 4.74 Å². The number of aliphatic hydroxyl groups excluding tert-OH is 1. The van der Waals surface area contributed by atoms with Gasteiger partial charge in [0.05, 0.1) is 12.7 Å². The lowest BCUT2D eigenvalue weighted by atomic mass is 10.1. The van der Waals surface area contributed by atoms with Crippen molar-refractivity contribution >= 4 is 11.9 Å². The Morgan fingerprint density at radius 3 is 2.54 bits per heavy atom. The highest BCUT2D eigenvalue weighted by atomic mass is 16.5. The Morgan fingerprint density at radius 2 is 2.04 bits per heavy atom. The quantitative estimate of drug-likeness (QED) is 0.399. The molecule has 0 aromatic carbocycles. The lowest BCUT2D eigenvalue weighted by molar-refractivity contribution is -0.149. The minimum Gasteiger partial charge on any atom is -0.465 e. The summed E-state index contributed by atoms with van der Waals surface area (Å²) in [5.74, 6) is -0.0819. The Bertz CT molecular complexity index is 394. The number of ether oxygens (including phenoxy) is 1. The maximum atomic E-state index is 12.2. The number of amides is 1. The second-order valence-corrected chi connectivity index (χ2v) is 6.19. The number of unbranched alkanes of at least 4 members (excludes halogenated alkanes) is 1. The molecule has 3 atom stereocenters.